The number of methoxy groups -OCH3 is 1. The number of carbonyl (C=O) groups is 2. The molecule has 1 aromatic carbocycles. The lowest BCUT2D eigenvalue weighted by atomic mass is 9.70. The van der Waals surface area contributed by atoms with Gasteiger partial charge in [-0.05, 0) is 58.3 Å². The van der Waals surface area contributed by atoms with Gasteiger partial charge in [0.05, 0.1) is 35.7 Å². The van der Waals surface area contributed by atoms with Crippen LogP contribution in [0.1, 0.15) is 38.3 Å². The first-order valence-corrected chi connectivity index (χ1v) is 11.0. The molecule has 1 saturated carbocycles. The number of ketones is 1. The number of aliphatic hydroxyl groups excluding tert-OH is 1. The number of rotatable bonds is 4. The van der Waals surface area contributed by atoms with E-state index in [0.29, 0.717) is 21.5 Å². The molecule has 1 aliphatic carbocycles. The Morgan fingerprint density at radius 3 is 2.67 bits per heavy atom. The Balaban J connectivity index is 1.84. The summed E-state index contributed by atoms with van der Waals surface area (Å²) in [5.74, 6) is 0.132. The van der Waals surface area contributed by atoms with Gasteiger partial charge in [0.1, 0.15) is 6.10 Å². The molecule has 0 bridgehead atoms. The molecule has 5 atom stereocenters. The van der Waals surface area contributed by atoms with Gasteiger partial charge in [0, 0.05) is 6.54 Å². The highest BCUT2D eigenvalue weighted by atomic mass is 79.9. The largest absolute Gasteiger partial charge is 0.503 e. The number of ether oxygens (including phenoxy) is 2. The lowest BCUT2D eigenvalue weighted by Gasteiger charge is -2.41. The molecule has 8 heteroatoms. The Morgan fingerprint density at radius 1 is 1.27 bits per heavy atom. The van der Waals surface area contributed by atoms with Gasteiger partial charge in [-0.2, -0.15) is 0 Å². The average Bonchev–Trinajstić information content (AvgIpc) is 2.98. The van der Waals surface area contributed by atoms with Crippen LogP contribution in [0.4, 0.5) is 0 Å². The molecule has 7 nitrogen and oxygen atoms in total. The maximum atomic E-state index is 13.6. The second-order valence-corrected chi connectivity index (χ2v) is 9.38. The van der Waals surface area contributed by atoms with Crippen LogP contribution >= 0.6 is 15.9 Å². The van der Waals surface area contributed by atoms with Crippen LogP contribution in [0, 0.1) is 17.8 Å². The fourth-order valence-electron chi connectivity index (χ4n) is 5.22. The molecule has 2 N–H and O–H groups in total. The van der Waals surface area contributed by atoms with Gasteiger partial charge in [0.15, 0.2) is 23.0 Å². The smallest absolute Gasteiger partial charge is 0.290 e. The van der Waals surface area contributed by atoms with Gasteiger partial charge in [-0.3, -0.25) is 9.59 Å². The van der Waals surface area contributed by atoms with E-state index in [0.717, 1.165) is 12.8 Å². The van der Waals surface area contributed by atoms with Gasteiger partial charge in [-0.15, -0.1) is 0 Å². The molecule has 1 fully saturated rings. The molecule has 0 spiro atoms. The quantitative estimate of drug-likeness (QED) is 0.688. The van der Waals surface area contributed by atoms with Gasteiger partial charge in [0.25, 0.3) is 5.91 Å². The third kappa shape index (κ3) is 3.21. The predicted octanol–water partition coefficient (Wildman–Crippen LogP) is 2.94. The number of carbonyl (C=O) groups excluding carboxylic acids is 2. The zero-order valence-corrected chi connectivity index (χ0v) is 18.8. The first-order chi connectivity index (χ1) is 14.3. The molecule has 1 amide bonds. The summed E-state index contributed by atoms with van der Waals surface area (Å²) in [6.45, 7) is 4.03. The van der Waals surface area contributed by atoms with Gasteiger partial charge >= 0.3 is 0 Å². The van der Waals surface area contributed by atoms with Crippen molar-refractivity contribution in [1.29, 1.82) is 0 Å². The van der Waals surface area contributed by atoms with Crippen molar-refractivity contribution in [3.8, 4) is 11.5 Å². The molecule has 0 radical (unpaired) electrons. The van der Waals surface area contributed by atoms with Crippen LogP contribution in [0.5, 0.6) is 11.5 Å². The number of nitrogens with zero attached hydrogens (tertiary/aromatic N) is 1. The van der Waals surface area contributed by atoms with Crippen LogP contribution in [-0.4, -0.2) is 53.2 Å². The molecule has 5 unspecified atom stereocenters. The normalized spacial score (nSPS) is 30.8. The van der Waals surface area contributed by atoms with Crippen molar-refractivity contribution in [1.82, 2.24) is 4.90 Å². The van der Waals surface area contributed by atoms with Crippen molar-refractivity contribution < 1.29 is 29.3 Å². The van der Waals surface area contributed by atoms with Crippen molar-refractivity contribution >= 4 is 27.6 Å². The number of halogens is 1. The van der Waals surface area contributed by atoms with E-state index < -0.39 is 6.04 Å². The summed E-state index contributed by atoms with van der Waals surface area (Å²) in [6, 6.07) is 2.58. The van der Waals surface area contributed by atoms with Crippen LogP contribution < -0.4 is 4.74 Å². The number of aliphatic hydroxyl groups is 1. The number of β-amino-alcohol motifs (C(OH)–C–C–N with tert-alkyl or cyclic N) is 1. The van der Waals surface area contributed by atoms with Gasteiger partial charge in [-0.25, -0.2) is 0 Å². The lowest BCUT2D eigenvalue weighted by molar-refractivity contribution is -0.139. The number of Topliss-reactive ketones (excluding diaryl/α,β-unsaturated/α-hetero) is 1. The Hall–Kier alpha value is -2.06. The molecule has 0 aromatic heterocycles. The minimum absolute atomic E-state index is 0.0541. The van der Waals surface area contributed by atoms with Gasteiger partial charge < -0.3 is 24.6 Å². The average molecular weight is 480 g/mol. The number of phenolic OH excluding ortho intramolecular Hbond substituents is 1. The maximum absolute atomic E-state index is 13.6. The summed E-state index contributed by atoms with van der Waals surface area (Å²) in [6.07, 6.45) is 1.39. The minimum atomic E-state index is -0.702. The van der Waals surface area contributed by atoms with E-state index in [2.05, 4.69) is 29.8 Å². The van der Waals surface area contributed by atoms with Crippen LogP contribution in [0.15, 0.2) is 27.9 Å². The Morgan fingerprint density at radius 2 is 2.00 bits per heavy atom. The Kier molecular flexibility index (Phi) is 5.57. The molecule has 3 aliphatic rings. The van der Waals surface area contributed by atoms with Crippen molar-refractivity contribution in [2.75, 3.05) is 20.3 Å². The van der Waals surface area contributed by atoms with E-state index in [4.69, 9.17) is 9.47 Å². The number of benzene rings is 1. The highest BCUT2D eigenvalue weighted by molar-refractivity contribution is 9.10. The number of phenols is 1. The molecule has 4 rings (SSSR count). The highest BCUT2D eigenvalue weighted by Gasteiger charge is 2.53. The molecule has 30 heavy (non-hydrogen) atoms. The van der Waals surface area contributed by atoms with Crippen LogP contribution in [0.25, 0.3) is 0 Å². The van der Waals surface area contributed by atoms with E-state index in [-0.39, 0.29) is 60.0 Å². The van der Waals surface area contributed by atoms with Crippen LogP contribution in [0.3, 0.4) is 0 Å². The lowest BCUT2D eigenvalue weighted by Crippen LogP contribution is -2.45. The molecule has 2 heterocycles. The molecule has 0 saturated heterocycles. The molecule has 2 aliphatic heterocycles. The Bertz CT molecular complexity index is 928. The van der Waals surface area contributed by atoms with Gasteiger partial charge in [0.2, 0.25) is 0 Å². The summed E-state index contributed by atoms with van der Waals surface area (Å²) >= 11 is 3.32. The number of aromatic hydroxyl groups is 1. The van der Waals surface area contributed by atoms with E-state index in [9.17, 15) is 19.8 Å². The van der Waals surface area contributed by atoms with E-state index in [1.807, 2.05) is 0 Å². The Labute approximate surface area is 183 Å². The fourth-order valence-corrected chi connectivity index (χ4v) is 5.67. The predicted molar refractivity (Wildman–Crippen MR) is 112 cm³/mol. The van der Waals surface area contributed by atoms with Crippen molar-refractivity contribution in [2.45, 2.75) is 38.8 Å². The topological polar surface area (TPSA) is 96.3 Å². The van der Waals surface area contributed by atoms with E-state index >= 15 is 0 Å². The van der Waals surface area contributed by atoms with Crippen molar-refractivity contribution in [3.63, 3.8) is 0 Å². The molecular weight excluding hydrogens is 454 g/mol. The number of hydrogen-bond acceptors (Lipinski definition) is 6. The maximum Gasteiger partial charge on any atom is 0.290 e. The van der Waals surface area contributed by atoms with Crippen LogP contribution in [-0.2, 0) is 14.3 Å². The summed E-state index contributed by atoms with van der Waals surface area (Å²) in [7, 11) is 1.44. The molecule has 1 aromatic rings. The first kappa shape index (κ1) is 21.2. The summed E-state index contributed by atoms with van der Waals surface area (Å²) in [5.41, 5.74) is 0.950. The SMILES string of the molecule is COc1cc(C2C3=C(OC4C(C)CC(C)CC4C3=O)C(=O)N2CCO)cc(Br)c1O. The zero-order chi connectivity index (χ0) is 21.7. The second-order valence-electron chi connectivity index (χ2n) is 8.53. The number of hydrogen-bond donors (Lipinski definition) is 2. The summed E-state index contributed by atoms with van der Waals surface area (Å²) < 4.78 is 11.8. The second kappa shape index (κ2) is 7.89. The highest BCUT2D eigenvalue weighted by Crippen LogP contribution is 2.50. The van der Waals surface area contributed by atoms with Crippen LogP contribution in [0.2, 0.25) is 0 Å². The van der Waals surface area contributed by atoms with Crippen molar-refractivity contribution in [2.24, 2.45) is 17.8 Å². The number of fused-ring (bicyclic) bond motifs is 1. The third-order valence-electron chi connectivity index (χ3n) is 6.46. The monoisotopic (exact) mass is 479 g/mol. The number of amides is 1. The molecular formula is C22H26BrNO6. The van der Waals surface area contributed by atoms with Crippen molar-refractivity contribution in [3.05, 3.63) is 33.5 Å². The summed E-state index contributed by atoms with van der Waals surface area (Å²) in [4.78, 5) is 28.3. The van der Waals surface area contributed by atoms with E-state index in [1.165, 1.54) is 12.0 Å². The third-order valence-corrected chi connectivity index (χ3v) is 7.06. The fraction of sp³-hybridized carbons (Fsp3) is 0.545. The zero-order valence-electron chi connectivity index (χ0n) is 17.2. The molecule has 162 valence electrons. The minimum Gasteiger partial charge on any atom is -0.503 e. The van der Waals surface area contributed by atoms with E-state index in [1.54, 1.807) is 12.1 Å². The standard InChI is InChI=1S/C22H26BrNO6/c1-10-6-11(2)20-13(7-10)18(26)16-17(24(4-5-25)22(28)21(16)30-20)12-8-14(23)19(27)15(9-12)29-3/h8-11,13,17,20,25,27H,4-7H2,1-3H3. The first-order valence-electron chi connectivity index (χ1n) is 10.2. The summed E-state index contributed by atoms with van der Waals surface area (Å²) in [5, 5.41) is 19.8. The van der Waals surface area contributed by atoms with Gasteiger partial charge in [-0.1, -0.05) is 13.8 Å².